The summed E-state index contributed by atoms with van der Waals surface area (Å²) in [6, 6.07) is 2.20. The molecule has 0 heterocycles. The summed E-state index contributed by atoms with van der Waals surface area (Å²) < 4.78 is 32.3. The molecule has 0 fully saturated rings. The van der Waals surface area contributed by atoms with Gasteiger partial charge in [0.25, 0.3) is 0 Å². The second-order valence-electron chi connectivity index (χ2n) is 5.08. The number of aliphatic hydroxyl groups excluding tert-OH is 1. The third-order valence-electron chi connectivity index (χ3n) is 3.45. The maximum Gasteiger partial charge on any atom is 0.135 e. The number of halogens is 2. The Hall–Kier alpha value is -1.16. The van der Waals surface area contributed by atoms with Gasteiger partial charge in [0, 0.05) is 12.1 Å². The third kappa shape index (κ3) is 5.08. The lowest BCUT2D eigenvalue weighted by Gasteiger charge is -2.14. The highest BCUT2D eigenvalue weighted by Gasteiger charge is 2.19. The van der Waals surface area contributed by atoms with Gasteiger partial charge in [-0.2, -0.15) is 0 Å². The van der Waals surface area contributed by atoms with E-state index in [2.05, 4.69) is 6.92 Å². The van der Waals surface area contributed by atoms with Crippen LogP contribution in [-0.2, 0) is 0 Å². The first-order valence-electron chi connectivity index (χ1n) is 7.31. The van der Waals surface area contributed by atoms with Crippen LogP contribution in [0, 0.1) is 11.6 Å². The minimum absolute atomic E-state index is 0.121. The molecule has 1 rings (SSSR count). The monoisotopic (exact) mass is 286 g/mol. The maximum atomic E-state index is 13.7. The molecule has 0 saturated heterocycles. The van der Waals surface area contributed by atoms with Crippen LogP contribution in [0.25, 0.3) is 0 Å². The Morgan fingerprint density at radius 3 is 2.15 bits per heavy atom. The molecule has 0 saturated carbocycles. The van der Waals surface area contributed by atoms with Crippen molar-refractivity contribution in [2.75, 3.05) is 7.11 Å². The molecular formula is C16H24F2O2. The highest BCUT2D eigenvalue weighted by Crippen LogP contribution is 2.28. The van der Waals surface area contributed by atoms with E-state index in [0.717, 1.165) is 31.4 Å². The lowest BCUT2D eigenvalue weighted by Crippen LogP contribution is -2.05. The van der Waals surface area contributed by atoms with Crippen molar-refractivity contribution >= 4 is 0 Å². The number of rotatable bonds is 9. The van der Waals surface area contributed by atoms with Crippen molar-refractivity contribution in [3.63, 3.8) is 0 Å². The minimum atomic E-state index is -1.09. The topological polar surface area (TPSA) is 29.5 Å². The quantitative estimate of drug-likeness (QED) is 0.663. The van der Waals surface area contributed by atoms with E-state index in [1.807, 2.05) is 0 Å². The Morgan fingerprint density at radius 2 is 1.60 bits per heavy atom. The van der Waals surface area contributed by atoms with Gasteiger partial charge in [-0.05, 0) is 6.42 Å². The SMILES string of the molecule is CCCCCCCCC(O)c1c(F)cc(OC)cc1F. The lowest BCUT2D eigenvalue weighted by atomic mass is 10.0. The van der Waals surface area contributed by atoms with Crippen LogP contribution < -0.4 is 4.74 Å². The molecule has 0 radical (unpaired) electrons. The fraction of sp³-hybridized carbons (Fsp3) is 0.625. The standard InChI is InChI=1S/C16H24F2O2/c1-3-4-5-6-7-8-9-15(19)16-13(17)10-12(20-2)11-14(16)18/h10-11,15,19H,3-9H2,1-2H3. The summed E-state index contributed by atoms with van der Waals surface area (Å²) in [5.41, 5.74) is -0.251. The highest BCUT2D eigenvalue weighted by atomic mass is 19.1. The zero-order chi connectivity index (χ0) is 15.0. The molecule has 0 aromatic heterocycles. The van der Waals surface area contributed by atoms with E-state index in [0.29, 0.717) is 6.42 Å². The Balaban J connectivity index is 2.49. The third-order valence-corrected chi connectivity index (χ3v) is 3.45. The normalized spacial score (nSPS) is 12.4. The molecule has 1 N–H and O–H groups in total. The first kappa shape index (κ1) is 16.9. The summed E-state index contributed by atoms with van der Waals surface area (Å²) in [5.74, 6) is -1.38. The Kier molecular flexibility index (Phi) is 7.52. The first-order chi connectivity index (χ1) is 9.60. The molecular weight excluding hydrogens is 262 g/mol. The van der Waals surface area contributed by atoms with E-state index in [4.69, 9.17) is 4.74 Å². The van der Waals surface area contributed by atoms with Gasteiger partial charge in [0.1, 0.15) is 17.4 Å². The van der Waals surface area contributed by atoms with Crippen LogP contribution >= 0.6 is 0 Å². The largest absolute Gasteiger partial charge is 0.497 e. The molecule has 20 heavy (non-hydrogen) atoms. The second-order valence-corrected chi connectivity index (χ2v) is 5.08. The second kappa shape index (κ2) is 8.90. The van der Waals surface area contributed by atoms with Crippen molar-refractivity contribution in [3.05, 3.63) is 29.3 Å². The summed E-state index contributed by atoms with van der Waals surface area (Å²) >= 11 is 0. The van der Waals surface area contributed by atoms with Crippen molar-refractivity contribution < 1.29 is 18.6 Å². The molecule has 4 heteroatoms. The number of unbranched alkanes of at least 4 members (excludes halogenated alkanes) is 5. The van der Waals surface area contributed by atoms with Crippen LogP contribution in [-0.4, -0.2) is 12.2 Å². The van der Waals surface area contributed by atoms with E-state index in [1.54, 1.807) is 0 Å². The minimum Gasteiger partial charge on any atom is -0.497 e. The van der Waals surface area contributed by atoms with E-state index >= 15 is 0 Å². The molecule has 0 aliphatic rings. The van der Waals surface area contributed by atoms with Gasteiger partial charge in [0.05, 0.1) is 18.8 Å². The van der Waals surface area contributed by atoms with E-state index in [-0.39, 0.29) is 11.3 Å². The average molecular weight is 286 g/mol. The van der Waals surface area contributed by atoms with Crippen LogP contribution in [0.4, 0.5) is 8.78 Å². The Morgan fingerprint density at radius 1 is 1.05 bits per heavy atom. The van der Waals surface area contributed by atoms with Gasteiger partial charge < -0.3 is 9.84 Å². The molecule has 114 valence electrons. The molecule has 2 nitrogen and oxygen atoms in total. The summed E-state index contributed by atoms with van der Waals surface area (Å²) in [5, 5.41) is 9.93. The summed E-state index contributed by atoms with van der Waals surface area (Å²) in [6.45, 7) is 2.15. The van der Waals surface area contributed by atoms with Crippen molar-refractivity contribution in [2.45, 2.75) is 58.0 Å². The number of aliphatic hydroxyl groups is 1. The fourth-order valence-corrected chi connectivity index (χ4v) is 2.26. The number of ether oxygens (including phenoxy) is 1. The molecule has 0 amide bonds. The van der Waals surface area contributed by atoms with Gasteiger partial charge in [-0.3, -0.25) is 0 Å². The summed E-state index contributed by atoms with van der Waals surface area (Å²) in [7, 11) is 1.35. The Labute approximate surface area is 119 Å². The van der Waals surface area contributed by atoms with Crippen molar-refractivity contribution in [1.82, 2.24) is 0 Å². The Bertz CT molecular complexity index is 384. The van der Waals surface area contributed by atoms with E-state index in [9.17, 15) is 13.9 Å². The molecule has 1 atom stereocenters. The molecule has 1 aromatic rings. The molecule has 0 aliphatic heterocycles. The van der Waals surface area contributed by atoms with Crippen LogP contribution in [0.3, 0.4) is 0 Å². The van der Waals surface area contributed by atoms with Gasteiger partial charge in [-0.1, -0.05) is 45.4 Å². The molecule has 0 aliphatic carbocycles. The van der Waals surface area contributed by atoms with Crippen molar-refractivity contribution in [1.29, 1.82) is 0 Å². The van der Waals surface area contributed by atoms with Gasteiger partial charge in [0.2, 0.25) is 0 Å². The lowest BCUT2D eigenvalue weighted by molar-refractivity contribution is 0.153. The first-order valence-corrected chi connectivity index (χ1v) is 7.31. The fourth-order valence-electron chi connectivity index (χ4n) is 2.26. The summed E-state index contributed by atoms with van der Waals surface area (Å²) in [6.07, 6.45) is 5.73. The van der Waals surface area contributed by atoms with E-state index in [1.165, 1.54) is 26.4 Å². The maximum absolute atomic E-state index is 13.7. The predicted molar refractivity (Wildman–Crippen MR) is 75.9 cm³/mol. The van der Waals surface area contributed by atoms with Crippen molar-refractivity contribution in [2.24, 2.45) is 0 Å². The molecule has 0 bridgehead atoms. The van der Waals surface area contributed by atoms with Crippen LogP contribution in [0.1, 0.15) is 63.5 Å². The predicted octanol–water partition coefficient (Wildman–Crippen LogP) is 4.76. The van der Waals surface area contributed by atoms with Crippen molar-refractivity contribution in [3.8, 4) is 5.75 Å². The number of hydrogen-bond acceptors (Lipinski definition) is 2. The van der Waals surface area contributed by atoms with E-state index < -0.39 is 17.7 Å². The smallest absolute Gasteiger partial charge is 0.135 e. The zero-order valence-electron chi connectivity index (χ0n) is 12.3. The van der Waals surface area contributed by atoms with Crippen LogP contribution in [0.15, 0.2) is 12.1 Å². The molecule has 0 spiro atoms. The van der Waals surface area contributed by atoms with Crippen LogP contribution in [0.5, 0.6) is 5.75 Å². The van der Waals surface area contributed by atoms with Gasteiger partial charge in [-0.25, -0.2) is 8.78 Å². The zero-order valence-corrected chi connectivity index (χ0v) is 12.3. The number of hydrogen-bond donors (Lipinski definition) is 1. The van der Waals surface area contributed by atoms with Gasteiger partial charge in [0.15, 0.2) is 0 Å². The highest BCUT2D eigenvalue weighted by molar-refractivity contribution is 5.31. The van der Waals surface area contributed by atoms with Crippen LogP contribution in [0.2, 0.25) is 0 Å². The summed E-state index contributed by atoms with van der Waals surface area (Å²) in [4.78, 5) is 0. The molecule has 1 unspecified atom stereocenters. The van der Waals surface area contributed by atoms with Gasteiger partial charge in [-0.15, -0.1) is 0 Å². The van der Waals surface area contributed by atoms with Gasteiger partial charge >= 0.3 is 0 Å². The number of benzene rings is 1. The molecule has 1 aromatic carbocycles. The average Bonchev–Trinajstić information content (AvgIpc) is 2.41. The number of methoxy groups -OCH3 is 1.